The molecule has 1 atom stereocenters. The molecule has 4 fully saturated rings. The minimum absolute atomic E-state index is 0.205. The van der Waals surface area contributed by atoms with E-state index >= 15 is 0 Å². The van der Waals surface area contributed by atoms with Crippen LogP contribution in [0.15, 0.2) is 23.1 Å². The fraction of sp³-hybridized carbons (Fsp3) is 0.750. The van der Waals surface area contributed by atoms with Crippen molar-refractivity contribution in [2.45, 2.75) is 68.3 Å². The van der Waals surface area contributed by atoms with Crippen LogP contribution in [0.25, 0.3) is 0 Å². The second-order valence-electron chi connectivity index (χ2n) is 10.2. The number of sulfonamides is 1. The van der Waals surface area contributed by atoms with Crippen molar-refractivity contribution in [3.05, 3.63) is 23.2 Å². The number of halogens is 1. The van der Waals surface area contributed by atoms with Crippen LogP contribution in [0.1, 0.15) is 57.8 Å². The van der Waals surface area contributed by atoms with Crippen LogP contribution < -0.4 is 9.62 Å². The Kier molecular flexibility index (Phi) is 6.49. The van der Waals surface area contributed by atoms with E-state index in [-0.39, 0.29) is 15.9 Å². The fourth-order valence-corrected chi connectivity index (χ4v) is 7.56. The summed E-state index contributed by atoms with van der Waals surface area (Å²) in [6, 6.07) is 5.31. The van der Waals surface area contributed by atoms with Crippen molar-refractivity contribution in [2.24, 2.45) is 11.3 Å². The molecule has 0 bridgehead atoms. The van der Waals surface area contributed by atoms with E-state index in [0.717, 1.165) is 83.5 Å². The van der Waals surface area contributed by atoms with Crippen LogP contribution in [0.5, 0.6) is 0 Å². The van der Waals surface area contributed by atoms with Gasteiger partial charge in [0.15, 0.2) is 0 Å². The van der Waals surface area contributed by atoms with Crippen LogP contribution in [0.3, 0.4) is 0 Å². The molecule has 1 aliphatic carbocycles. The molecule has 3 heterocycles. The van der Waals surface area contributed by atoms with Crippen LogP contribution >= 0.6 is 11.6 Å². The SMILES string of the molecule is O=S(=O)(NCC1(C2CC2)CCCO1)c1cc(Cl)ccc1N1CCCCC2(CCOCC2)C1. The number of anilines is 1. The Bertz CT molecular complexity index is 922. The third-order valence-corrected chi connectivity index (χ3v) is 9.70. The van der Waals surface area contributed by atoms with Crippen LogP contribution in [-0.4, -0.2) is 53.5 Å². The Balaban J connectivity index is 1.41. The zero-order chi connectivity index (χ0) is 22.2. The minimum atomic E-state index is -3.73. The molecule has 1 aromatic carbocycles. The molecule has 6 nitrogen and oxygen atoms in total. The average molecular weight is 483 g/mol. The Labute approximate surface area is 197 Å². The average Bonchev–Trinajstić information content (AvgIpc) is 3.57. The second kappa shape index (κ2) is 9.06. The fourth-order valence-electron chi connectivity index (χ4n) is 5.98. The topological polar surface area (TPSA) is 67.9 Å². The van der Waals surface area contributed by atoms with Crippen LogP contribution in [0.4, 0.5) is 5.69 Å². The monoisotopic (exact) mass is 482 g/mol. The van der Waals surface area contributed by atoms with Crippen molar-refractivity contribution in [1.82, 2.24) is 4.72 Å². The number of ether oxygens (including phenoxy) is 2. The highest BCUT2D eigenvalue weighted by Gasteiger charge is 2.49. The molecule has 32 heavy (non-hydrogen) atoms. The molecule has 4 aliphatic rings. The summed E-state index contributed by atoms with van der Waals surface area (Å²) in [6.45, 7) is 4.39. The molecular formula is C24H35ClN2O4S. The minimum Gasteiger partial charge on any atom is -0.381 e. The molecule has 1 N–H and O–H groups in total. The maximum atomic E-state index is 13.6. The highest BCUT2D eigenvalue weighted by Crippen LogP contribution is 2.47. The first-order chi connectivity index (χ1) is 15.4. The van der Waals surface area contributed by atoms with Gasteiger partial charge in [0.1, 0.15) is 4.90 Å². The highest BCUT2D eigenvalue weighted by atomic mass is 35.5. The van der Waals surface area contributed by atoms with Crippen molar-refractivity contribution in [3.63, 3.8) is 0 Å². The molecule has 0 amide bonds. The van der Waals surface area contributed by atoms with E-state index in [2.05, 4.69) is 9.62 Å². The smallest absolute Gasteiger partial charge is 0.242 e. The zero-order valence-corrected chi connectivity index (χ0v) is 20.4. The van der Waals surface area contributed by atoms with Gasteiger partial charge in [0.2, 0.25) is 10.0 Å². The van der Waals surface area contributed by atoms with E-state index in [9.17, 15) is 8.42 Å². The third kappa shape index (κ3) is 4.69. The number of hydrogen-bond acceptors (Lipinski definition) is 5. The van der Waals surface area contributed by atoms with Crippen LogP contribution in [-0.2, 0) is 19.5 Å². The lowest BCUT2D eigenvalue weighted by atomic mass is 9.76. The Morgan fingerprint density at radius 1 is 1.06 bits per heavy atom. The first-order valence-corrected chi connectivity index (χ1v) is 14.0. The molecule has 0 aromatic heterocycles. The molecule has 0 radical (unpaired) electrons. The molecule has 1 unspecified atom stereocenters. The molecule has 3 saturated heterocycles. The largest absolute Gasteiger partial charge is 0.381 e. The van der Waals surface area contributed by atoms with Gasteiger partial charge in [0.25, 0.3) is 0 Å². The van der Waals surface area contributed by atoms with E-state index in [1.54, 1.807) is 6.07 Å². The first kappa shape index (κ1) is 22.9. The molecule has 178 valence electrons. The van der Waals surface area contributed by atoms with E-state index in [0.29, 0.717) is 17.5 Å². The van der Waals surface area contributed by atoms with Gasteiger partial charge in [-0.1, -0.05) is 18.0 Å². The van der Waals surface area contributed by atoms with E-state index in [4.69, 9.17) is 21.1 Å². The normalized spacial score (nSPS) is 28.7. The summed E-state index contributed by atoms with van der Waals surface area (Å²) in [5, 5.41) is 0.443. The van der Waals surface area contributed by atoms with Gasteiger partial charge in [0.05, 0.1) is 11.3 Å². The van der Waals surface area contributed by atoms with Gasteiger partial charge in [-0.15, -0.1) is 0 Å². The third-order valence-electron chi connectivity index (χ3n) is 8.03. The molecule has 8 heteroatoms. The summed E-state index contributed by atoms with van der Waals surface area (Å²) < 4.78 is 41.8. The van der Waals surface area contributed by atoms with Crippen molar-refractivity contribution < 1.29 is 17.9 Å². The summed E-state index contributed by atoms with van der Waals surface area (Å²) in [7, 11) is -3.73. The van der Waals surface area contributed by atoms with Gasteiger partial charge in [-0.05, 0) is 80.9 Å². The van der Waals surface area contributed by atoms with Crippen molar-refractivity contribution in [3.8, 4) is 0 Å². The lowest BCUT2D eigenvalue weighted by Crippen LogP contribution is -2.45. The summed E-state index contributed by atoms with van der Waals surface area (Å²) >= 11 is 6.30. The lowest BCUT2D eigenvalue weighted by Gasteiger charge is -2.40. The van der Waals surface area contributed by atoms with Crippen LogP contribution in [0, 0.1) is 11.3 Å². The molecule has 1 aromatic rings. The predicted molar refractivity (Wildman–Crippen MR) is 126 cm³/mol. The van der Waals surface area contributed by atoms with Gasteiger partial charge in [-0.2, -0.15) is 0 Å². The molecule has 3 aliphatic heterocycles. The van der Waals surface area contributed by atoms with Gasteiger partial charge in [-0.3, -0.25) is 0 Å². The van der Waals surface area contributed by atoms with Crippen molar-refractivity contribution >= 4 is 27.3 Å². The van der Waals surface area contributed by atoms with Gasteiger partial charge < -0.3 is 14.4 Å². The number of nitrogens with one attached hydrogen (secondary N) is 1. The van der Waals surface area contributed by atoms with Gasteiger partial charge in [0, 0.05) is 44.5 Å². The Morgan fingerprint density at radius 3 is 2.59 bits per heavy atom. The van der Waals surface area contributed by atoms with E-state index in [1.165, 1.54) is 12.8 Å². The number of hydrogen-bond donors (Lipinski definition) is 1. The highest BCUT2D eigenvalue weighted by molar-refractivity contribution is 7.89. The number of benzene rings is 1. The number of rotatable bonds is 6. The molecular weight excluding hydrogens is 448 g/mol. The summed E-state index contributed by atoms with van der Waals surface area (Å²) in [6.07, 6.45) is 9.69. The first-order valence-electron chi connectivity index (χ1n) is 12.2. The van der Waals surface area contributed by atoms with Gasteiger partial charge >= 0.3 is 0 Å². The second-order valence-corrected chi connectivity index (χ2v) is 12.4. The lowest BCUT2D eigenvalue weighted by molar-refractivity contribution is -0.00953. The molecule has 1 saturated carbocycles. The number of nitrogens with zero attached hydrogens (tertiary/aromatic N) is 1. The maximum Gasteiger partial charge on any atom is 0.242 e. The Hall–Kier alpha value is -0.860. The maximum absolute atomic E-state index is 13.6. The standard InChI is InChI=1S/C24H35ClN2O4S/c25-20-6-7-21(27-12-2-1-8-23(18-27)10-14-30-15-11-23)22(16-20)32(28,29)26-17-24(19-4-5-19)9-3-13-31-24/h6-7,16,19,26H,1-5,8-15,17-18H2. The van der Waals surface area contributed by atoms with Crippen LogP contribution in [0.2, 0.25) is 5.02 Å². The molecule has 1 spiro atoms. The zero-order valence-electron chi connectivity index (χ0n) is 18.8. The summed E-state index contributed by atoms with van der Waals surface area (Å²) in [5.41, 5.74) is 0.638. The molecule has 5 rings (SSSR count). The summed E-state index contributed by atoms with van der Waals surface area (Å²) in [4.78, 5) is 2.57. The van der Waals surface area contributed by atoms with Crippen molar-refractivity contribution in [1.29, 1.82) is 0 Å². The Morgan fingerprint density at radius 2 is 1.88 bits per heavy atom. The quantitative estimate of drug-likeness (QED) is 0.652. The summed E-state index contributed by atoms with van der Waals surface area (Å²) in [5.74, 6) is 0.477. The van der Waals surface area contributed by atoms with E-state index in [1.807, 2.05) is 12.1 Å². The predicted octanol–water partition coefficient (Wildman–Crippen LogP) is 4.36. The van der Waals surface area contributed by atoms with Crippen molar-refractivity contribution in [2.75, 3.05) is 44.4 Å². The van der Waals surface area contributed by atoms with Gasteiger partial charge in [-0.25, -0.2) is 13.1 Å². The van der Waals surface area contributed by atoms with E-state index < -0.39 is 10.0 Å².